The van der Waals surface area contributed by atoms with Gasteiger partial charge in [0.25, 0.3) is 0 Å². The molecule has 0 radical (unpaired) electrons. The summed E-state index contributed by atoms with van der Waals surface area (Å²) in [5.41, 5.74) is 0. The van der Waals surface area contributed by atoms with Crippen molar-refractivity contribution >= 4 is 5.91 Å². The Morgan fingerprint density at radius 1 is 0.510 bits per heavy atom. The summed E-state index contributed by atoms with van der Waals surface area (Å²) in [5, 5.41) is 22.9. The van der Waals surface area contributed by atoms with Gasteiger partial charge in [-0.05, 0) is 70.6 Å². The van der Waals surface area contributed by atoms with Crippen LogP contribution in [0.4, 0.5) is 0 Å². The van der Waals surface area contributed by atoms with E-state index < -0.39 is 12.1 Å². The minimum absolute atomic E-state index is 0.0844. The molecule has 0 aromatic heterocycles. The molecule has 0 aromatic rings. The number of amides is 1. The molecule has 0 aliphatic carbocycles. The van der Waals surface area contributed by atoms with Crippen LogP contribution in [0.25, 0.3) is 0 Å². The van der Waals surface area contributed by atoms with Crippen LogP contribution in [-0.2, 0) is 4.79 Å². The molecule has 2 atom stereocenters. The van der Waals surface area contributed by atoms with Crippen molar-refractivity contribution in [3.05, 3.63) is 85.1 Å². The van der Waals surface area contributed by atoms with E-state index in [2.05, 4.69) is 92.1 Å². The van der Waals surface area contributed by atoms with Gasteiger partial charge in [0.05, 0.1) is 18.8 Å². The smallest absolute Gasteiger partial charge is 0.220 e. The Balaban J connectivity index is 3.68. The third-order valence-corrected chi connectivity index (χ3v) is 8.63. The predicted octanol–water partition coefficient (Wildman–Crippen LogP) is 12.5. The van der Waals surface area contributed by atoms with Gasteiger partial charge in [0.15, 0.2) is 0 Å². The zero-order valence-corrected chi connectivity index (χ0v) is 31.9. The fourth-order valence-corrected chi connectivity index (χ4v) is 5.53. The van der Waals surface area contributed by atoms with Gasteiger partial charge in [0.1, 0.15) is 0 Å². The summed E-state index contributed by atoms with van der Waals surface area (Å²) in [6, 6.07) is -0.634. The molecule has 0 heterocycles. The first-order valence-electron chi connectivity index (χ1n) is 20.3. The van der Waals surface area contributed by atoms with Crippen molar-refractivity contribution in [2.45, 2.75) is 187 Å². The van der Waals surface area contributed by atoms with E-state index in [0.29, 0.717) is 6.42 Å². The molecule has 0 aliphatic heterocycles. The second-order valence-corrected chi connectivity index (χ2v) is 13.3. The van der Waals surface area contributed by atoms with Gasteiger partial charge in [-0.25, -0.2) is 0 Å². The maximum absolute atomic E-state index is 12.3. The van der Waals surface area contributed by atoms with Gasteiger partial charge in [0.2, 0.25) is 5.91 Å². The minimum Gasteiger partial charge on any atom is -0.394 e. The zero-order chi connectivity index (χ0) is 35.7. The molecule has 4 nitrogen and oxygen atoms in total. The van der Waals surface area contributed by atoms with Crippen molar-refractivity contribution in [3.8, 4) is 0 Å². The Morgan fingerprint density at radius 2 is 0.898 bits per heavy atom. The normalized spacial score (nSPS) is 14.0. The first-order chi connectivity index (χ1) is 24.2. The maximum Gasteiger partial charge on any atom is 0.220 e. The van der Waals surface area contributed by atoms with E-state index in [1.807, 2.05) is 6.08 Å². The lowest BCUT2D eigenvalue weighted by molar-refractivity contribution is -0.123. The van der Waals surface area contributed by atoms with E-state index in [1.165, 1.54) is 77.0 Å². The number of carbonyl (C=O) groups is 1. The summed E-state index contributed by atoms with van der Waals surface area (Å²) in [6.45, 7) is 4.16. The highest BCUT2D eigenvalue weighted by molar-refractivity contribution is 5.76. The molecule has 0 spiro atoms. The number of unbranched alkanes of at least 4 members (excludes halogenated alkanes) is 16. The van der Waals surface area contributed by atoms with Crippen molar-refractivity contribution in [1.82, 2.24) is 5.32 Å². The van der Waals surface area contributed by atoms with E-state index in [-0.39, 0.29) is 12.5 Å². The molecule has 3 N–H and O–H groups in total. The lowest BCUT2D eigenvalue weighted by Gasteiger charge is -2.20. The molecule has 0 aromatic carbocycles. The van der Waals surface area contributed by atoms with Crippen molar-refractivity contribution in [3.63, 3.8) is 0 Å². The Hall–Kier alpha value is -2.43. The van der Waals surface area contributed by atoms with Crippen LogP contribution in [-0.4, -0.2) is 34.9 Å². The molecular weight excluding hydrogens is 602 g/mol. The van der Waals surface area contributed by atoms with Crippen molar-refractivity contribution in [2.24, 2.45) is 0 Å². The number of rotatable bonds is 35. The average Bonchev–Trinajstić information content (AvgIpc) is 3.10. The summed E-state index contributed by atoms with van der Waals surface area (Å²) < 4.78 is 0. The van der Waals surface area contributed by atoms with Crippen LogP contribution in [0.5, 0.6) is 0 Å². The summed E-state index contributed by atoms with van der Waals surface area (Å²) in [7, 11) is 0. The SMILES string of the molecule is CC/C=C\C/C=C\C/C=C\C/C=C\C/C=C\C/C=C\CCCCCCCCC(=O)NC(CO)C(O)/C=C/CCCCCCCCCCCC. The standard InChI is InChI=1S/C45H77NO3/c1-3-5-7-9-11-13-15-17-18-19-20-21-22-23-24-25-26-27-28-29-31-33-35-37-39-41-45(49)46-43(42-47)44(48)40-38-36-34-32-30-16-14-12-10-8-6-4-2/h5,7,11,13,17-18,20-21,23-24,26-27,38,40,43-44,47-48H,3-4,6,8-10,12,14-16,19,22,25,28-37,39,41-42H2,1-2H3,(H,46,49)/b7-5-,13-11-,18-17-,21-20-,24-23-,27-26-,40-38+. The fraction of sp³-hybridized carbons (Fsp3) is 0.667. The van der Waals surface area contributed by atoms with Crippen molar-refractivity contribution in [2.75, 3.05) is 6.61 Å². The highest BCUT2D eigenvalue weighted by atomic mass is 16.3. The van der Waals surface area contributed by atoms with E-state index in [9.17, 15) is 15.0 Å². The number of hydrogen-bond acceptors (Lipinski definition) is 3. The molecule has 0 aliphatic rings. The highest BCUT2D eigenvalue weighted by Gasteiger charge is 2.17. The lowest BCUT2D eigenvalue weighted by atomic mass is 10.1. The molecule has 49 heavy (non-hydrogen) atoms. The minimum atomic E-state index is -0.849. The first-order valence-corrected chi connectivity index (χ1v) is 20.3. The largest absolute Gasteiger partial charge is 0.394 e. The van der Waals surface area contributed by atoms with E-state index >= 15 is 0 Å². The Kier molecular flexibility index (Phi) is 38.0. The third kappa shape index (κ3) is 36.7. The second kappa shape index (κ2) is 40.0. The van der Waals surface area contributed by atoms with Crippen LogP contribution < -0.4 is 5.32 Å². The number of carbonyl (C=O) groups excluding carboxylic acids is 1. The van der Waals surface area contributed by atoms with Gasteiger partial charge in [-0.2, -0.15) is 0 Å². The van der Waals surface area contributed by atoms with Gasteiger partial charge >= 0.3 is 0 Å². The van der Waals surface area contributed by atoms with Gasteiger partial charge in [-0.15, -0.1) is 0 Å². The Morgan fingerprint density at radius 3 is 1.35 bits per heavy atom. The van der Waals surface area contributed by atoms with Crippen molar-refractivity contribution < 1.29 is 15.0 Å². The lowest BCUT2D eigenvalue weighted by Crippen LogP contribution is -2.45. The first kappa shape index (κ1) is 46.6. The monoisotopic (exact) mass is 680 g/mol. The van der Waals surface area contributed by atoms with Gasteiger partial charge in [-0.3, -0.25) is 4.79 Å². The number of hydrogen-bond donors (Lipinski definition) is 3. The molecule has 1 amide bonds. The van der Waals surface area contributed by atoms with Gasteiger partial charge < -0.3 is 15.5 Å². The molecule has 0 fully saturated rings. The van der Waals surface area contributed by atoms with Crippen LogP contribution >= 0.6 is 0 Å². The number of aliphatic hydroxyl groups is 2. The van der Waals surface area contributed by atoms with Crippen LogP contribution in [0.2, 0.25) is 0 Å². The molecule has 2 unspecified atom stereocenters. The van der Waals surface area contributed by atoms with E-state index in [4.69, 9.17) is 0 Å². The molecular formula is C45H77NO3. The summed E-state index contributed by atoms with van der Waals surface area (Å²) in [6.07, 6.45) is 58.1. The molecule has 0 bridgehead atoms. The topological polar surface area (TPSA) is 69.6 Å². The zero-order valence-electron chi connectivity index (χ0n) is 31.9. The summed E-state index contributed by atoms with van der Waals surface area (Å²) in [4.78, 5) is 12.3. The number of nitrogens with one attached hydrogen (secondary N) is 1. The second-order valence-electron chi connectivity index (χ2n) is 13.3. The van der Waals surface area contributed by atoms with E-state index in [1.54, 1.807) is 6.08 Å². The Bertz CT molecular complexity index is 910. The molecule has 0 saturated carbocycles. The number of aliphatic hydroxyl groups excluding tert-OH is 2. The maximum atomic E-state index is 12.3. The molecule has 0 rings (SSSR count). The fourth-order valence-electron chi connectivity index (χ4n) is 5.53. The summed E-state index contributed by atoms with van der Waals surface area (Å²) >= 11 is 0. The van der Waals surface area contributed by atoms with Crippen LogP contribution in [0.3, 0.4) is 0 Å². The predicted molar refractivity (Wildman–Crippen MR) is 216 cm³/mol. The van der Waals surface area contributed by atoms with Crippen LogP contribution in [0, 0.1) is 0 Å². The number of allylic oxidation sites excluding steroid dienone is 13. The van der Waals surface area contributed by atoms with Crippen LogP contribution in [0.15, 0.2) is 85.1 Å². The van der Waals surface area contributed by atoms with Crippen molar-refractivity contribution in [1.29, 1.82) is 0 Å². The van der Waals surface area contributed by atoms with E-state index in [0.717, 1.165) is 77.0 Å². The average molecular weight is 680 g/mol. The molecule has 0 saturated heterocycles. The van der Waals surface area contributed by atoms with Gasteiger partial charge in [-0.1, -0.05) is 182 Å². The molecule has 280 valence electrons. The van der Waals surface area contributed by atoms with Crippen LogP contribution in [0.1, 0.15) is 174 Å². The summed E-state index contributed by atoms with van der Waals surface area (Å²) in [5.74, 6) is -0.0844. The quantitative estimate of drug-likeness (QED) is 0.0461. The highest BCUT2D eigenvalue weighted by Crippen LogP contribution is 2.12. The third-order valence-electron chi connectivity index (χ3n) is 8.63. The Labute approximate surface area is 303 Å². The molecule has 4 heteroatoms. The van der Waals surface area contributed by atoms with Gasteiger partial charge in [0, 0.05) is 6.42 Å².